The molecular formula is C22H33NO2. The van der Waals surface area contributed by atoms with Gasteiger partial charge in [-0.1, -0.05) is 55.4 Å². The topological polar surface area (TPSA) is 60.2 Å². The van der Waals surface area contributed by atoms with E-state index in [1.54, 1.807) is 6.08 Å². The molecule has 3 heteroatoms. The van der Waals surface area contributed by atoms with Gasteiger partial charge in [-0.3, -0.25) is 9.59 Å². The molecule has 0 saturated heterocycles. The fraction of sp³-hybridized carbons (Fsp3) is 0.455. The molecule has 2 N–H and O–H groups in total. The van der Waals surface area contributed by atoms with Crippen LogP contribution in [0.25, 0.3) is 0 Å². The van der Waals surface area contributed by atoms with Crippen LogP contribution in [-0.4, -0.2) is 12.2 Å². The highest BCUT2D eigenvalue weighted by molar-refractivity contribution is 5.70. The molecule has 0 bridgehead atoms. The van der Waals surface area contributed by atoms with E-state index in [9.17, 15) is 9.59 Å². The van der Waals surface area contributed by atoms with Crippen LogP contribution in [-0.2, 0) is 9.59 Å². The van der Waals surface area contributed by atoms with Gasteiger partial charge in [0.1, 0.15) is 6.29 Å². The zero-order valence-corrected chi connectivity index (χ0v) is 16.6. The maximum Gasteiger partial charge on any atom is 0.214 e. The van der Waals surface area contributed by atoms with Crippen LogP contribution in [0.15, 0.2) is 58.7 Å². The number of nitrogens with two attached hydrogens (primary N) is 1. The van der Waals surface area contributed by atoms with Crippen molar-refractivity contribution >= 4 is 12.2 Å². The maximum absolute atomic E-state index is 10.3. The van der Waals surface area contributed by atoms with E-state index in [1.165, 1.54) is 42.9 Å². The first-order valence-electron chi connectivity index (χ1n) is 8.71. The number of aldehydes is 1. The standard InChI is InChI=1S/C20H28O.C2H5NO/c1-16(8-6-9-17(2)13-15-21)11-12-19-18(3)10-7-14-20(19,4)5;1-2(3)4/h6,8-9,11-13,15H,7,10,14H2,1-5H3;1H3,(H2,3,4)/b9-6+,12-11+,16-8+,17-13+;. The summed E-state index contributed by atoms with van der Waals surface area (Å²) in [5.41, 5.74) is 9.95. The Bertz CT molecular complexity index is 610. The highest BCUT2D eigenvalue weighted by Crippen LogP contribution is 2.40. The summed E-state index contributed by atoms with van der Waals surface area (Å²) in [4.78, 5) is 19.6. The van der Waals surface area contributed by atoms with Gasteiger partial charge in [0.2, 0.25) is 5.91 Å². The molecule has 0 spiro atoms. The monoisotopic (exact) mass is 343 g/mol. The quantitative estimate of drug-likeness (QED) is 0.423. The summed E-state index contributed by atoms with van der Waals surface area (Å²) in [7, 11) is 0. The molecule has 138 valence electrons. The number of amides is 1. The first kappa shape index (κ1) is 22.8. The SMILES string of the molecule is CC(N)=O.CC1=C(/C=C/C(C)=C/C=C/C(C)=C/C=O)C(C)(C)CCC1. The lowest BCUT2D eigenvalue weighted by Gasteiger charge is -2.32. The molecular weight excluding hydrogens is 310 g/mol. The van der Waals surface area contributed by atoms with E-state index in [2.05, 4.69) is 51.7 Å². The van der Waals surface area contributed by atoms with Crippen molar-refractivity contribution in [2.75, 3.05) is 0 Å². The van der Waals surface area contributed by atoms with Gasteiger partial charge in [0.25, 0.3) is 0 Å². The lowest BCUT2D eigenvalue weighted by Crippen LogP contribution is -2.19. The maximum atomic E-state index is 10.3. The lowest BCUT2D eigenvalue weighted by molar-refractivity contribution is -0.116. The molecule has 1 rings (SSSR count). The van der Waals surface area contributed by atoms with Gasteiger partial charge >= 0.3 is 0 Å². The Labute approximate surface area is 153 Å². The first-order chi connectivity index (χ1) is 11.6. The Morgan fingerprint density at radius 3 is 2.16 bits per heavy atom. The number of allylic oxidation sites excluding steroid dienone is 10. The molecule has 1 aliphatic carbocycles. The van der Waals surface area contributed by atoms with E-state index < -0.39 is 0 Å². The lowest BCUT2D eigenvalue weighted by atomic mass is 9.72. The Kier molecular flexibility index (Phi) is 10.4. The van der Waals surface area contributed by atoms with Crippen LogP contribution in [0.3, 0.4) is 0 Å². The number of rotatable bonds is 5. The summed E-state index contributed by atoms with van der Waals surface area (Å²) in [5, 5.41) is 0. The molecule has 0 aliphatic heterocycles. The van der Waals surface area contributed by atoms with Crippen molar-refractivity contribution in [3.8, 4) is 0 Å². The summed E-state index contributed by atoms with van der Waals surface area (Å²) < 4.78 is 0. The molecule has 0 atom stereocenters. The van der Waals surface area contributed by atoms with Crippen molar-refractivity contribution in [2.24, 2.45) is 11.1 Å². The second-order valence-electron chi connectivity index (χ2n) is 7.19. The molecule has 0 saturated carbocycles. The summed E-state index contributed by atoms with van der Waals surface area (Å²) in [5.74, 6) is -0.333. The average Bonchev–Trinajstić information content (AvgIpc) is 2.45. The predicted octanol–water partition coefficient (Wildman–Crippen LogP) is 5.21. The summed E-state index contributed by atoms with van der Waals surface area (Å²) in [6, 6.07) is 0. The zero-order chi connectivity index (χ0) is 19.5. The van der Waals surface area contributed by atoms with Crippen molar-refractivity contribution < 1.29 is 9.59 Å². The fourth-order valence-electron chi connectivity index (χ4n) is 2.80. The van der Waals surface area contributed by atoms with Gasteiger partial charge in [-0.15, -0.1) is 0 Å². The normalized spacial score (nSPS) is 18.3. The van der Waals surface area contributed by atoms with E-state index in [0.717, 1.165) is 11.9 Å². The molecule has 0 unspecified atom stereocenters. The van der Waals surface area contributed by atoms with E-state index in [1.807, 2.05) is 19.1 Å². The van der Waals surface area contributed by atoms with E-state index in [4.69, 9.17) is 0 Å². The summed E-state index contributed by atoms with van der Waals surface area (Å²) >= 11 is 0. The summed E-state index contributed by atoms with van der Waals surface area (Å²) in [6.45, 7) is 12.3. The van der Waals surface area contributed by atoms with Crippen molar-refractivity contribution in [3.05, 3.63) is 58.7 Å². The van der Waals surface area contributed by atoms with E-state index in [-0.39, 0.29) is 11.3 Å². The molecule has 0 radical (unpaired) electrons. The van der Waals surface area contributed by atoms with Gasteiger partial charge < -0.3 is 5.73 Å². The minimum absolute atomic E-state index is 0.290. The number of hydrogen-bond donors (Lipinski definition) is 1. The molecule has 0 aromatic carbocycles. The Balaban J connectivity index is 0.00000129. The molecule has 1 amide bonds. The molecule has 25 heavy (non-hydrogen) atoms. The minimum Gasteiger partial charge on any atom is -0.370 e. The third kappa shape index (κ3) is 10.3. The number of hydrogen-bond acceptors (Lipinski definition) is 2. The predicted molar refractivity (Wildman–Crippen MR) is 107 cm³/mol. The molecule has 0 aromatic heterocycles. The smallest absolute Gasteiger partial charge is 0.214 e. The number of carbonyl (C=O) groups excluding carboxylic acids is 2. The molecule has 0 heterocycles. The van der Waals surface area contributed by atoms with Gasteiger partial charge in [0.05, 0.1) is 0 Å². The Morgan fingerprint density at radius 2 is 1.64 bits per heavy atom. The van der Waals surface area contributed by atoms with E-state index in [0.29, 0.717) is 0 Å². The molecule has 0 fully saturated rings. The van der Waals surface area contributed by atoms with Crippen LogP contribution >= 0.6 is 0 Å². The number of carbonyl (C=O) groups is 2. The fourth-order valence-corrected chi connectivity index (χ4v) is 2.80. The molecule has 3 nitrogen and oxygen atoms in total. The van der Waals surface area contributed by atoms with Crippen LogP contribution < -0.4 is 5.73 Å². The third-order valence-electron chi connectivity index (χ3n) is 4.10. The first-order valence-corrected chi connectivity index (χ1v) is 8.71. The van der Waals surface area contributed by atoms with E-state index >= 15 is 0 Å². The highest BCUT2D eigenvalue weighted by Gasteiger charge is 2.26. The van der Waals surface area contributed by atoms with Crippen LogP contribution in [0.1, 0.15) is 60.8 Å². The van der Waals surface area contributed by atoms with Crippen LogP contribution in [0.2, 0.25) is 0 Å². The molecule has 1 aliphatic rings. The van der Waals surface area contributed by atoms with Crippen molar-refractivity contribution in [1.82, 2.24) is 0 Å². The second-order valence-corrected chi connectivity index (χ2v) is 7.19. The number of primary amides is 1. The van der Waals surface area contributed by atoms with Gasteiger partial charge in [-0.05, 0) is 62.7 Å². The van der Waals surface area contributed by atoms with Crippen LogP contribution in [0.5, 0.6) is 0 Å². The van der Waals surface area contributed by atoms with Gasteiger partial charge in [0.15, 0.2) is 0 Å². The summed E-state index contributed by atoms with van der Waals surface area (Å²) in [6.07, 6.45) is 16.6. The largest absolute Gasteiger partial charge is 0.370 e. The van der Waals surface area contributed by atoms with Crippen LogP contribution in [0.4, 0.5) is 0 Å². The molecule has 0 aromatic rings. The second kappa shape index (κ2) is 11.4. The zero-order valence-electron chi connectivity index (χ0n) is 16.6. The van der Waals surface area contributed by atoms with Gasteiger partial charge in [-0.2, -0.15) is 0 Å². The van der Waals surface area contributed by atoms with Crippen molar-refractivity contribution in [2.45, 2.75) is 60.8 Å². The Hall–Kier alpha value is -2.16. The average molecular weight is 344 g/mol. The van der Waals surface area contributed by atoms with Gasteiger partial charge in [0, 0.05) is 6.92 Å². The highest BCUT2D eigenvalue weighted by atomic mass is 16.1. The van der Waals surface area contributed by atoms with Crippen molar-refractivity contribution in [3.63, 3.8) is 0 Å². The van der Waals surface area contributed by atoms with Crippen LogP contribution in [0, 0.1) is 5.41 Å². The third-order valence-corrected chi connectivity index (χ3v) is 4.10. The van der Waals surface area contributed by atoms with Crippen molar-refractivity contribution in [1.29, 1.82) is 0 Å². The Morgan fingerprint density at radius 1 is 1.08 bits per heavy atom. The minimum atomic E-state index is -0.333. The van der Waals surface area contributed by atoms with Gasteiger partial charge in [-0.25, -0.2) is 0 Å².